The van der Waals surface area contributed by atoms with Crippen LogP contribution in [0.2, 0.25) is 0 Å². The van der Waals surface area contributed by atoms with Crippen molar-refractivity contribution >= 4 is 11.8 Å². The van der Waals surface area contributed by atoms with Gasteiger partial charge in [-0.1, -0.05) is 44.2 Å². The third-order valence-corrected chi connectivity index (χ3v) is 4.32. The molecule has 27 heavy (non-hydrogen) atoms. The lowest BCUT2D eigenvalue weighted by molar-refractivity contribution is -0.123. The van der Waals surface area contributed by atoms with E-state index >= 15 is 0 Å². The predicted octanol–water partition coefficient (Wildman–Crippen LogP) is 3.46. The van der Waals surface area contributed by atoms with Crippen molar-refractivity contribution < 1.29 is 14.3 Å². The highest BCUT2D eigenvalue weighted by atomic mass is 16.5. The third kappa shape index (κ3) is 6.13. The van der Waals surface area contributed by atoms with Gasteiger partial charge in [0.1, 0.15) is 11.8 Å². The summed E-state index contributed by atoms with van der Waals surface area (Å²) in [7, 11) is 1.61. The number of methoxy groups -OCH3 is 1. The first kappa shape index (κ1) is 20.5. The number of rotatable bonds is 8. The van der Waals surface area contributed by atoms with E-state index < -0.39 is 6.04 Å². The monoisotopic (exact) mass is 368 g/mol. The van der Waals surface area contributed by atoms with Crippen LogP contribution in [0.3, 0.4) is 0 Å². The lowest BCUT2D eigenvalue weighted by Crippen LogP contribution is -2.47. The molecule has 2 N–H and O–H groups in total. The number of hydrogen-bond acceptors (Lipinski definition) is 3. The summed E-state index contributed by atoms with van der Waals surface area (Å²) in [6.45, 7) is 6.32. The molecule has 0 saturated heterocycles. The van der Waals surface area contributed by atoms with Gasteiger partial charge in [0, 0.05) is 12.1 Å². The van der Waals surface area contributed by atoms with Crippen molar-refractivity contribution in [1.82, 2.24) is 10.6 Å². The maximum absolute atomic E-state index is 12.7. The minimum Gasteiger partial charge on any atom is -0.497 e. The Morgan fingerprint density at radius 2 is 1.81 bits per heavy atom. The number of ether oxygens (including phenoxy) is 1. The van der Waals surface area contributed by atoms with E-state index in [1.54, 1.807) is 13.2 Å². The van der Waals surface area contributed by atoms with Crippen molar-refractivity contribution in [1.29, 1.82) is 0 Å². The fourth-order valence-corrected chi connectivity index (χ4v) is 2.86. The fraction of sp³-hybridized carbons (Fsp3) is 0.364. The highest BCUT2D eigenvalue weighted by molar-refractivity contribution is 5.98. The molecule has 1 atom stereocenters. The Balaban J connectivity index is 2.04. The van der Waals surface area contributed by atoms with Crippen LogP contribution in [0.15, 0.2) is 48.5 Å². The number of carbonyl (C=O) groups is 2. The SMILES string of the molecule is COc1cccc(CNC(=O)[C@@H](CC(C)C)NC(=O)c2ccccc2C)c1. The van der Waals surface area contributed by atoms with Crippen LogP contribution in [0.4, 0.5) is 0 Å². The average Bonchev–Trinajstić information content (AvgIpc) is 2.65. The zero-order valence-corrected chi connectivity index (χ0v) is 16.4. The van der Waals surface area contributed by atoms with E-state index in [0.717, 1.165) is 16.9 Å². The molecular weight excluding hydrogens is 340 g/mol. The molecule has 0 aliphatic heterocycles. The number of aryl methyl sites for hydroxylation is 1. The smallest absolute Gasteiger partial charge is 0.252 e. The predicted molar refractivity (Wildman–Crippen MR) is 107 cm³/mol. The topological polar surface area (TPSA) is 67.4 Å². The molecule has 0 unspecified atom stereocenters. The summed E-state index contributed by atoms with van der Waals surface area (Å²) < 4.78 is 5.20. The molecule has 0 spiro atoms. The molecule has 2 aromatic carbocycles. The number of nitrogens with one attached hydrogen (secondary N) is 2. The molecule has 2 aromatic rings. The van der Waals surface area contributed by atoms with Gasteiger partial charge < -0.3 is 15.4 Å². The van der Waals surface area contributed by atoms with Crippen molar-refractivity contribution in [2.75, 3.05) is 7.11 Å². The first-order valence-corrected chi connectivity index (χ1v) is 9.17. The molecule has 0 aliphatic carbocycles. The summed E-state index contributed by atoms with van der Waals surface area (Å²) in [6, 6.07) is 14.3. The Labute approximate surface area is 161 Å². The number of hydrogen-bond donors (Lipinski definition) is 2. The highest BCUT2D eigenvalue weighted by Gasteiger charge is 2.23. The van der Waals surface area contributed by atoms with Gasteiger partial charge in [0.2, 0.25) is 5.91 Å². The van der Waals surface area contributed by atoms with Crippen LogP contribution in [0.5, 0.6) is 5.75 Å². The Kier molecular flexibility index (Phi) is 7.41. The molecule has 5 nitrogen and oxygen atoms in total. The number of amides is 2. The lowest BCUT2D eigenvalue weighted by atomic mass is 10.0. The van der Waals surface area contributed by atoms with E-state index in [-0.39, 0.29) is 17.7 Å². The zero-order chi connectivity index (χ0) is 19.8. The van der Waals surface area contributed by atoms with Crippen molar-refractivity contribution in [3.63, 3.8) is 0 Å². The molecule has 0 heterocycles. The Hall–Kier alpha value is -2.82. The molecule has 5 heteroatoms. The normalized spacial score (nSPS) is 11.7. The minimum absolute atomic E-state index is 0.187. The Bertz CT molecular complexity index is 787. The number of carbonyl (C=O) groups excluding carboxylic acids is 2. The molecule has 0 saturated carbocycles. The van der Waals surface area contributed by atoms with Crippen LogP contribution >= 0.6 is 0 Å². The minimum atomic E-state index is -0.581. The summed E-state index contributed by atoms with van der Waals surface area (Å²) >= 11 is 0. The first-order chi connectivity index (χ1) is 12.9. The van der Waals surface area contributed by atoms with Gasteiger partial charge in [-0.2, -0.15) is 0 Å². The van der Waals surface area contributed by atoms with E-state index in [0.29, 0.717) is 18.5 Å². The van der Waals surface area contributed by atoms with E-state index in [1.807, 2.05) is 63.2 Å². The van der Waals surface area contributed by atoms with Crippen LogP contribution in [-0.2, 0) is 11.3 Å². The standard InChI is InChI=1S/C22H28N2O3/c1-15(2)12-20(24-21(25)19-11-6-5-8-16(19)3)22(26)23-14-17-9-7-10-18(13-17)27-4/h5-11,13,15,20H,12,14H2,1-4H3,(H,23,26)(H,24,25)/t20-/m1/s1. The third-order valence-electron chi connectivity index (χ3n) is 4.32. The van der Waals surface area contributed by atoms with E-state index in [1.165, 1.54) is 0 Å². The molecule has 144 valence electrons. The number of benzene rings is 2. The Morgan fingerprint density at radius 3 is 2.48 bits per heavy atom. The van der Waals surface area contributed by atoms with Crippen molar-refractivity contribution in [3.05, 3.63) is 65.2 Å². The first-order valence-electron chi connectivity index (χ1n) is 9.17. The summed E-state index contributed by atoms with van der Waals surface area (Å²) in [6.07, 6.45) is 0.571. The van der Waals surface area contributed by atoms with Gasteiger partial charge in [0.05, 0.1) is 7.11 Å². The van der Waals surface area contributed by atoms with Gasteiger partial charge >= 0.3 is 0 Å². The summed E-state index contributed by atoms with van der Waals surface area (Å²) in [5.41, 5.74) is 2.41. The summed E-state index contributed by atoms with van der Waals surface area (Å²) in [5, 5.41) is 5.81. The molecule has 2 rings (SSSR count). The molecule has 0 fully saturated rings. The maximum Gasteiger partial charge on any atom is 0.252 e. The highest BCUT2D eigenvalue weighted by Crippen LogP contribution is 2.13. The van der Waals surface area contributed by atoms with Crippen LogP contribution in [0.1, 0.15) is 41.8 Å². The van der Waals surface area contributed by atoms with E-state index in [9.17, 15) is 9.59 Å². The quantitative estimate of drug-likeness (QED) is 0.750. The van der Waals surface area contributed by atoms with Gasteiger partial charge in [-0.15, -0.1) is 0 Å². The van der Waals surface area contributed by atoms with Gasteiger partial charge in [-0.3, -0.25) is 9.59 Å². The Morgan fingerprint density at radius 1 is 1.07 bits per heavy atom. The maximum atomic E-state index is 12.7. The van der Waals surface area contributed by atoms with Crippen molar-refractivity contribution in [2.45, 2.75) is 39.8 Å². The molecule has 2 amide bonds. The largest absolute Gasteiger partial charge is 0.497 e. The molecular formula is C22H28N2O3. The van der Waals surface area contributed by atoms with Crippen LogP contribution in [0, 0.1) is 12.8 Å². The molecule has 0 aliphatic rings. The van der Waals surface area contributed by atoms with Crippen LogP contribution in [0.25, 0.3) is 0 Å². The molecule has 0 radical (unpaired) electrons. The summed E-state index contributed by atoms with van der Waals surface area (Å²) in [5.74, 6) is 0.604. The second-order valence-corrected chi connectivity index (χ2v) is 7.04. The van der Waals surface area contributed by atoms with E-state index in [2.05, 4.69) is 10.6 Å². The van der Waals surface area contributed by atoms with Gasteiger partial charge in [0.15, 0.2) is 0 Å². The van der Waals surface area contributed by atoms with Crippen LogP contribution in [-0.4, -0.2) is 25.0 Å². The second-order valence-electron chi connectivity index (χ2n) is 7.04. The van der Waals surface area contributed by atoms with Gasteiger partial charge in [0.25, 0.3) is 5.91 Å². The zero-order valence-electron chi connectivity index (χ0n) is 16.4. The second kappa shape index (κ2) is 9.76. The van der Waals surface area contributed by atoms with Crippen molar-refractivity contribution in [3.8, 4) is 5.75 Å². The van der Waals surface area contributed by atoms with Gasteiger partial charge in [-0.05, 0) is 48.6 Å². The van der Waals surface area contributed by atoms with Gasteiger partial charge in [-0.25, -0.2) is 0 Å². The average molecular weight is 368 g/mol. The van der Waals surface area contributed by atoms with Crippen molar-refractivity contribution in [2.24, 2.45) is 5.92 Å². The lowest BCUT2D eigenvalue weighted by Gasteiger charge is -2.21. The summed E-state index contributed by atoms with van der Waals surface area (Å²) in [4.78, 5) is 25.3. The van der Waals surface area contributed by atoms with Crippen LogP contribution < -0.4 is 15.4 Å². The van der Waals surface area contributed by atoms with E-state index in [4.69, 9.17) is 4.74 Å². The fourth-order valence-electron chi connectivity index (χ4n) is 2.86. The molecule has 0 bridgehead atoms. The molecule has 0 aromatic heterocycles.